The van der Waals surface area contributed by atoms with Crippen molar-refractivity contribution in [2.24, 2.45) is 0 Å². The van der Waals surface area contributed by atoms with Crippen molar-refractivity contribution >= 4 is 21.6 Å². The molecule has 1 N–H and O–H groups in total. The Hall–Kier alpha value is -0.970. The molecule has 18 heavy (non-hydrogen) atoms. The van der Waals surface area contributed by atoms with Gasteiger partial charge in [0.05, 0.1) is 15.2 Å². The van der Waals surface area contributed by atoms with Gasteiger partial charge in [-0.05, 0) is 32.5 Å². The lowest BCUT2D eigenvalue weighted by atomic mass is 10.1. The molecule has 0 aliphatic rings. The number of nitrogens with zero attached hydrogens (tertiary/aromatic N) is 1. The third-order valence-electron chi connectivity index (χ3n) is 2.98. The van der Waals surface area contributed by atoms with Gasteiger partial charge < -0.3 is 10.1 Å². The number of rotatable bonds is 7. The van der Waals surface area contributed by atoms with Gasteiger partial charge in [-0.1, -0.05) is 12.1 Å². The average molecular weight is 264 g/mol. The minimum absolute atomic E-state index is 0.442. The van der Waals surface area contributed by atoms with E-state index >= 15 is 0 Å². The maximum atomic E-state index is 5.41. The molecule has 0 radical (unpaired) electrons. The van der Waals surface area contributed by atoms with Crippen molar-refractivity contribution in [2.45, 2.75) is 25.8 Å². The molecule has 1 aromatic heterocycles. The molecule has 1 heterocycles. The highest BCUT2D eigenvalue weighted by molar-refractivity contribution is 7.18. The third kappa shape index (κ3) is 3.51. The summed E-state index contributed by atoms with van der Waals surface area (Å²) in [4.78, 5) is 4.67. The van der Waals surface area contributed by atoms with E-state index in [4.69, 9.17) is 4.74 Å². The van der Waals surface area contributed by atoms with Crippen molar-refractivity contribution in [3.8, 4) is 0 Å². The Balaban J connectivity index is 1.97. The van der Waals surface area contributed by atoms with E-state index in [0.29, 0.717) is 6.04 Å². The lowest BCUT2D eigenvalue weighted by Crippen LogP contribution is -2.29. The standard InChI is InChI=1S/C14H20N2OS/c1-3-17-9-8-11(15-2)10-14-16-12-6-4-5-7-13(12)18-14/h4-7,11,15H,3,8-10H2,1-2H3. The smallest absolute Gasteiger partial charge is 0.0954 e. The van der Waals surface area contributed by atoms with Gasteiger partial charge in [0.25, 0.3) is 0 Å². The lowest BCUT2D eigenvalue weighted by molar-refractivity contribution is 0.137. The van der Waals surface area contributed by atoms with Gasteiger partial charge in [0.1, 0.15) is 0 Å². The molecule has 3 nitrogen and oxygen atoms in total. The van der Waals surface area contributed by atoms with Crippen molar-refractivity contribution in [1.82, 2.24) is 10.3 Å². The molecule has 4 heteroatoms. The van der Waals surface area contributed by atoms with Crippen LogP contribution >= 0.6 is 11.3 Å². The monoisotopic (exact) mass is 264 g/mol. The topological polar surface area (TPSA) is 34.1 Å². The minimum atomic E-state index is 0.442. The number of thiazole rings is 1. The Labute approximate surface area is 112 Å². The van der Waals surface area contributed by atoms with Gasteiger partial charge in [-0.2, -0.15) is 0 Å². The predicted octanol–water partition coefficient (Wildman–Crippen LogP) is 2.85. The number of ether oxygens (including phenoxy) is 1. The minimum Gasteiger partial charge on any atom is -0.382 e. The average Bonchev–Trinajstić information content (AvgIpc) is 2.80. The molecule has 1 aromatic carbocycles. The molecule has 2 aromatic rings. The fourth-order valence-electron chi connectivity index (χ4n) is 1.94. The van der Waals surface area contributed by atoms with Crippen LogP contribution in [0.5, 0.6) is 0 Å². The molecule has 0 spiro atoms. The Bertz CT molecular complexity index is 450. The van der Waals surface area contributed by atoms with E-state index in [0.717, 1.165) is 31.6 Å². The first-order valence-corrected chi connectivity index (χ1v) is 7.24. The molecule has 0 amide bonds. The van der Waals surface area contributed by atoms with Crippen molar-refractivity contribution in [1.29, 1.82) is 0 Å². The van der Waals surface area contributed by atoms with Crippen LogP contribution in [-0.4, -0.2) is 31.3 Å². The Morgan fingerprint density at radius 2 is 2.22 bits per heavy atom. The first kappa shape index (κ1) is 13.5. The van der Waals surface area contributed by atoms with E-state index in [2.05, 4.69) is 28.5 Å². The third-order valence-corrected chi connectivity index (χ3v) is 4.04. The zero-order chi connectivity index (χ0) is 12.8. The van der Waals surface area contributed by atoms with Crippen LogP contribution in [0.4, 0.5) is 0 Å². The number of hydrogen-bond acceptors (Lipinski definition) is 4. The number of hydrogen-bond donors (Lipinski definition) is 1. The number of likely N-dealkylation sites (N-methyl/N-ethyl adjacent to an activating group) is 1. The molecule has 1 unspecified atom stereocenters. The van der Waals surface area contributed by atoms with Crippen molar-refractivity contribution < 1.29 is 4.74 Å². The molecule has 1 atom stereocenters. The van der Waals surface area contributed by atoms with Crippen LogP contribution in [0.3, 0.4) is 0 Å². The van der Waals surface area contributed by atoms with Crippen LogP contribution < -0.4 is 5.32 Å². The highest BCUT2D eigenvalue weighted by Crippen LogP contribution is 2.22. The Morgan fingerprint density at radius 1 is 1.39 bits per heavy atom. The number of nitrogens with one attached hydrogen (secondary N) is 1. The SMILES string of the molecule is CCOCCC(Cc1nc2ccccc2s1)NC. The highest BCUT2D eigenvalue weighted by Gasteiger charge is 2.10. The fraction of sp³-hybridized carbons (Fsp3) is 0.500. The maximum absolute atomic E-state index is 5.41. The van der Waals surface area contributed by atoms with Crippen LogP contribution in [0.25, 0.3) is 10.2 Å². The van der Waals surface area contributed by atoms with Crippen LogP contribution in [0.1, 0.15) is 18.4 Å². The second-order valence-corrected chi connectivity index (χ2v) is 5.37. The number of para-hydroxylation sites is 1. The molecule has 0 saturated heterocycles. The first-order chi connectivity index (χ1) is 8.83. The first-order valence-electron chi connectivity index (χ1n) is 6.43. The summed E-state index contributed by atoms with van der Waals surface area (Å²) in [6.45, 7) is 3.63. The van der Waals surface area contributed by atoms with Gasteiger partial charge in [0.2, 0.25) is 0 Å². The molecule has 0 saturated carbocycles. The summed E-state index contributed by atoms with van der Waals surface area (Å²) in [5.41, 5.74) is 1.11. The molecule has 98 valence electrons. The quantitative estimate of drug-likeness (QED) is 0.781. The summed E-state index contributed by atoms with van der Waals surface area (Å²) < 4.78 is 6.68. The zero-order valence-corrected chi connectivity index (χ0v) is 11.8. The Morgan fingerprint density at radius 3 is 2.94 bits per heavy atom. The second-order valence-electron chi connectivity index (χ2n) is 4.25. The molecule has 2 rings (SSSR count). The van der Waals surface area contributed by atoms with E-state index in [1.807, 2.05) is 20.0 Å². The van der Waals surface area contributed by atoms with Gasteiger partial charge >= 0.3 is 0 Å². The van der Waals surface area contributed by atoms with Crippen molar-refractivity contribution in [3.05, 3.63) is 29.3 Å². The van der Waals surface area contributed by atoms with Gasteiger partial charge in [0, 0.05) is 25.7 Å². The molecular weight excluding hydrogens is 244 g/mol. The Kier molecular flexibility index (Phi) is 5.11. The summed E-state index contributed by atoms with van der Waals surface area (Å²) in [5, 5.41) is 4.54. The van der Waals surface area contributed by atoms with Crippen LogP contribution in [0.15, 0.2) is 24.3 Å². The van der Waals surface area contributed by atoms with E-state index in [-0.39, 0.29) is 0 Å². The van der Waals surface area contributed by atoms with Crippen LogP contribution in [0, 0.1) is 0 Å². The van der Waals surface area contributed by atoms with Gasteiger partial charge in [-0.25, -0.2) is 4.98 Å². The van der Waals surface area contributed by atoms with E-state index < -0.39 is 0 Å². The van der Waals surface area contributed by atoms with E-state index in [1.54, 1.807) is 11.3 Å². The summed E-state index contributed by atoms with van der Waals surface area (Å²) in [6.07, 6.45) is 2.00. The number of aromatic nitrogens is 1. The van der Waals surface area contributed by atoms with E-state index in [1.165, 1.54) is 9.71 Å². The van der Waals surface area contributed by atoms with Gasteiger partial charge in [-0.15, -0.1) is 11.3 Å². The summed E-state index contributed by atoms with van der Waals surface area (Å²) in [7, 11) is 2.00. The van der Waals surface area contributed by atoms with Gasteiger partial charge in [0.15, 0.2) is 0 Å². The van der Waals surface area contributed by atoms with Crippen LogP contribution in [-0.2, 0) is 11.2 Å². The number of benzene rings is 1. The summed E-state index contributed by atoms with van der Waals surface area (Å²) >= 11 is 1.79. The van der Waals surface area contributed by atoms with E-state index in [9.17, 15) is 0 Å². The molecule has 0 bridgehead atoms. The second kappa shape index (κ2) is 6.83. The maximum Gasteiger partial charge on any atom is 0.0954 e. The molecule has 0 aliphatic heterocycles. The highest BCUT2D eigenvalue weighted by atomic mass is 32.1. The number of fused-ring (bicyclic) bond motifs is 1. The predicted molar refractivity (Wildman–Crippen MR) is 77.3 cm³/mol. The molecule has 0 fully saturated rings. The van der Waals surface area contributed by atoms with Crippen LogP contribution in [0.2, 0.25) is 0 Å². The molecule has 0 aliphatic carbocycles. The normalized spacial score (nSPS) is 13.0. The summed E-state index contributed by atoms with van der Waals surface area (Å²) in [6, 6.07) is 8.75. The van der Waals surface area contributed by atoms with Crippen molar-refractivity contribution in [2.75, 3.05) is 20.3 Å². The van der Waals surface area contributed by atoms with Crippen molar-refractivity contribution in [3.63, 3.8) is 0 Å². The largest absolute Gasteiger partial charge is 0.382 e. The van der Waals surface area contributed by atoms with Gasteiger partial charge in [-0.3, -0.25) is 0 Å². The lowest BCUT2D eigenvalue weighted by Gasteiger charge is -2.14. The summed E-state index contributed by atoms with van der Waals surface area (Å²) in [5.74, 6) is 0. The fourth-order valence-corrected chi connectivity index (χ4v) is 2.98. The zero-order valence-electron chi connectivity index (χ0n) is 11.0. The molecular formula is C14H20N2OS.